The number of nitrogens with zero attached hydrogens (tertiary/aromatic N) is 1. The highest BCUT2D eigenvalue weighted by Crippen LogP contribution is 2.07. The zero-order valence-electron chi connectivity index (χ0n) is 10.8. The molecule has 1 rings (SSSR count). The van der Waals surface area contributed by atoms with Crippen molar-refractivity contribution in [2.45, 2.75) is 20.4 Å². The fourth-order valence-electron chi connectivity index (χ4n) is 1.53. The highest BCUT2D eigenvalue weighted by atomic mass is 32.1. The van der Waals surface area contributed by atoms with E-state index >= 15 is 0 Å². The molecule has 0 heterocycles. The van der Waals surface area contributed by atoms with E-state index in [4.69, 9.17) is 22.2 Å². The molecule has 0 saturated heterocycles. The molecule has 94 valence electrons. The molecule has 1 aromatic carbocycles. The first-order valence-electron chi connectivity index (χ1n) is 5.57. The molecule has 1 N–H and O–H groups in total. The standard InChI is InChI=1S/C14H16N2OS/c1-10-5-4-6-12(7-10)9-16-11(2)13(8-15)14(18)17-3/h4-7,16H,9H2,1-3H3. The molecule has 4 heteroatoms. The minimum Gasteiger partial charge on any atom is -0.486 e. The van der Waals surface area contributed by atoms with Gasteiger partial charge in [0.15, 0.2) is 0 Å². The smallest absolute Gasteiger partial charge is 0.203 e. The largest absolute Gasteiger partial charge is 0.486 e. The number of benzene rings is 1. The quantitative estimate of drug-likeness (QED) is 0.513. The molecule has 0 atom stereocenters. The van der Waals surface area contributed by atoms with E-state index in [0.717, 1.165) is 11.3 Å². The number of thiocarbonyl (C=S) groups is 1. The molecule has 0 radical (unpaired) electrons. The van der Waals surface area contributed by atoms with Crippen molar-refractivity contribution in [2.24, 2.45) is 0 Å². The van der Waals surface area contributed by atoms with Crippen molar-refractivity contribution in [3.05, 3.63) is 46.7 Å². The topological polar surface area (TPSA) is 45.0 Å². The van der Waals surface area contributed by atoms with E-state index in [1.54, 1.807) is 0 Å². The summed E-state index contributed by atoms with van der Waals surface area (Å²) in [4.78, 5) is 0. The van der Waals surface area contributed by atoms with Gasteiger partial charge in [0.2, 0.25) is 5.05 Å². The van der Waals surface area contributed by atoms with Crippen LogP contribution in [0, 0.1) is 18.3 Å². The SMILES string of the molecule is COC(=S)C(C#N)=C(C)NCc1cccc(C)c1. The number of hydrogen-bond acceptors (Lipinski definition) is 4. The summed E-state index contributed by atoms with van der Waals surface area (Å²) in [5, 5.41) is 12.4. The third-order valence-corrected chi connectivity index (χ3v) is 2.89. The van der Waals surface area contributed by atoms with Gasteiger partial charge in [-0.1, -0.05) is 29.8 Å². The first-order valence-corrected chi connectivity index (χ1v) is 5.98. The number of hydrogen-bond donors (Lipinski definition) is 1. The van der Waals surface area contributed by atoms with Crippen LogP contribution in [0.4, 0.5) is 0 Å². The molecule has 0 bridgehead atoms. The van der Waals surface area contributed by atoms with Crippen LogP contribution in [0.15, 0.2) is 35.5 Å². The number of rotatable bonds is 4. The fourth-order valence-corrected chi connectivity index (χ4v) is 1.73. The van der Waals surface area contributed by atoms with E-state index in [9.17, 15) is 0 Å². The Balaban J connectivity index is 2.76. The van der Waals surface area contributed by atoms with Crippen molar-refractivity contribution in [3.8, 4) is 6.07 Å². The number of aryl methyl sites for hydroxylation is 1. The predicted octanol–water partition coefficient (Wildman–Crippen LogP) is 2.86. The number of methoxy groups -OCH3 is 1. The van der Waals surface area contributed by atoms with Crippen molar-refractivity contribution in [3.63, 3.8) is 0 Å². The Morgan fingerprint density at radius 2 is 2.22 bits per heavy atom. The summed E-state index contributed by atoms with van der Waals surface area (Å²) in [6.07, 6.45) is 0. The maximum atomic E-state index is 9.02. The molecule has 0 aromatic heterocycles. The Hall–Kier alpha value is -1.86. The molecule has 0 aliphatic carbocycles. The third kappa shape index (κ3) is 3.86. The maximum absolute atomic E-state index is 9.02. The van der Waals surface area contributed by atoms with Gasteiger partial charge in [0.1, 0.15) is 11.6 Å². The van der Waals surface area contributed by atoms with E-state index in [0.29, 0.717) is 12.1 Å². The molecule has 0 fully saturated rings. The molecule has 1 aromatic rings. The number of ether oxygens (including phenoxy) is 1. The maximum Gasteiger partial charge on any atom is 0.203 e. The molecule has 0 amide bonds. The number of allylic oxidation sites excluding steroid dienone is 1. The van der Waals surface area contributed by atoms with Gasteiger partial charge in [0.25, 0.3) is 0 Å². The first-order chi connectivity index (χ1) is 8.58. The minimum atomic E-state index is 0.215. The van der Waals surface area contributed by atoms with Crippen molar-refractivity contribution in [1.82, 2.24) is 5.32 Å². The Morgan fingerprint density at radius 3 is 2.78 bits per heavy atom. The highest BCUT2D eigenvalue weighted by Gasteiger charge is 2.08. The zero-order chi connectivity index (χ0) is 13.5. The summed E-state index contributed by atoms with van der Waals surface area (Å²) in [5.41, 5.74) is 3.48. The lowest BCUT2D eigenvalue weighted by atomic mass is 10.1. The van der Waals surface area contributed by atoms with Crippen LogP contribution in [0.5, 0.6) is 0 Å². The van der Waals surface area contributed by atoms with Crippen molar-refractivity contribution < 1.29 is 4.74 Å². The number of nitrogens with one attached hydrogen (secondary N) is 1. The Morgan fingerprint density at radius 1 is 1.50 bits per heavy atom. The lowest BCUT2D eigenvalue weighted by Crippen LogP contribution is -2.16. The van der Waals surface area contributed by atoms with E-state index in [-0.39, 0.29) is 5.05 Å². The first kappa shape index (κ1) is 14.2. The van der Waals surface area contributed by atoms with Crippen molar-refractivity contribution in [2.75, 3.05) is 7.11 Å². The molecular formula is C14H16N2OS. The predicted molar refractivity (Wildman–Crippen MR) is 75.9 cm³/mol. The molecule has 0 aliphatic rings. The van der Waals surface area contributed by atoms with Gasteiger partial charge in [-0.2, -0.15) is 5.26 Å². The second kappa shape index (κ2) is 6.77. The molecule has 0 aliphatic heterocycles. The van der Waals surface area contributed by atoms with Crippen LogP contribution in [-0.2, 0) is 11.3 Å². The van der Waals surface area contributed by atoms with Gasteiger partial charge < -0.3 is 10.1 Å². The van der Waals surface area contributed by atoms with Crippen LogP contribution >= 0.6 is 12.2 Å². The van der Waals surface area contributed by atoms with Gasteiger partial charge in [-0.3, -0.25) is 0 Å². The molecular weight excluding hydrogens is 244 g/mol. The van der Waals surface area contributed by atoms with Gasteiger partial charge in [-0.15, -0.1) is 0 Å². The lowest BCUT2D eigenvalue weighted by Gasteiger charge is -2.10. The normalized spacial score (nSPS) is 11.2. The Bertz CT molecular complexity index is 515. The van der Waals surface area contributed by atoms with Crippen LogP contribution in [-0.4, -0.2) is 12.2 Å². The van der Waals surface area contributed by atoms with Gasteiger partial charge in [0, 0.05) is 12.2 Å². The molecule has 3 nitrogen and oxygen atoms in total. The molecule has 0 saturated carbocycles. The van der Waals surface area contributed by atoms with Gasteiger partial charge in [0.05, 0.1) is 7.11 Å². The molecule has 18 heavy (non-hydrogen) atoms. The molecule has 0 spiro atoms. The van der Waals surface area contributed by atoms with Crippen molar-refractivity contribution >= 4 is 17.3 Å². The Labute approximate surface area is 113 Å². The summed E-state index contributed by atoms with van der Waals surface area (Å²) < 4.78 is 4.91. The summed E-state index contributed by atoms with van der Waals surface area (Å²) in [5.74, 6) is 0. The van der Waals surface area contributed by atoms with Crippen LogP contribution in [0.25, 0.3) is 0 Å². The summed E-state index contributed by atoms with van der Waals surface area (Å²) in [6, 6.07) is 10.2. The lowest BCUT2D eigenvalue weighted by molar-refractivity contribution is 0.415. The third-order valence-electron chi connectivity index (χ3n) is 2.52. The van der Waals surface area contributed by atoms with Crippen molar-refractivity contribution in [1.29, 1.82) is 5.26 Å². The van der Waals surface area contributed by atoms with E-state index in [1.165, 1.54) is 12.7 Å². The van der Waals surface area contributed by atoms with Crippen LogP contribution in [0.3, 0.4) is 0 Å². The average Bonchev–Trinajstić information content (AvgIpc) is 2.37. The second-order valence-electron chi connectivity index (χ2n) is 3.95. The van der Waals surface area contributed by atoms with Gasteiger partial charge in [-0.05, 0) is 31.6 Å². The second-order valence-corrected chi connectivity index (χ2v) is 4.32. The average molecular weight is 260 g/mol. The minimum absolute atomic E-state index is 0.215. The van der Waals surface area contributed by atoms with Gasteiger partial charge >= 0.3 is 0 Å². The summed E-state index contributed by atoms with van der Waals surface area (Å²) >= 11 is 4.96. The highest BCUT2D eigenvalue weighted by molar-refractivity contribution is 7.80. The van der Waals surface area contributed by atoms with Crippen LogP contribution in [0.2, 0.25) is 0 Å². The summed E-state index contributed by atoms with van der Waals surface area (Å²) in [6.45, 7) is 4.53. The van der Waals surface area contributed by atoms with E-state index < -0.39 is 0 Å². The number of nitriles is 1. The Kier molecular flexibility index (Phi) is 5.34. The van der Waals surface area contributed by atoms with E-state index in [2.05, 4.69) is 17.5 Å². The van der Waals surface area contributed by atoms with E-state index in [1.807, 2.05) is 32.0 Å². The van der Waals surface area contributed by atoms with Crippen LogP contribution in [0.1, 0.15) is 18.1 Å². The van der Waals surface area contributed by atoms with Gasteiger partial charge in [-0.25, -0.2) is 0 Å². The zero-order valence-corrected chi connectivity index (χ0v) is 11.6. The summed E-state index contributed by atoms with van der Waals surface area (Å²) in [7, 11) is 1.47. The fraction of sp³-hybridized carbons (Fsp3) is 0.286. The van der Waals surface area contributed by atoms with Crippen LogP contribution < -0.4 is 5.32 Å². The molecule has 0 unspecified atom stereocenters. The monoisotopic (exact) mass is 260 g/mol.